The molecule has 13 nitrogen and oxygen atoms in total. The molecule has 0 amide bonds. The molecule has 0 bridgehead atoms. The van der Waals surface area contributed by atoms with Gasteiger partial charge in [0.05, 0.1) is 13.2 Å². The van der Waals surface area contributed by atoms with Crippen LogP contribution in [0, 0.1) is 23.5 Å². The van der Waals surface area contributed by atoms with Crippen molar-refractivity contribution in [2.75, 3.05) is 26.4 Å². The minimum absolute atomic E-state index is 0.137. The molecule has 0 fully saturated rings. The quantitative estimate of drug-likeness (QED) is 0.0121. The monoisotopic (exact) mass is 1880 g/mol. The van der Waals surface area contributed by atoms with Crippen molar-refractivity contribution in [1.29, 1.82) is 0 Å². The van der Waals surface area contributed by atoms with Gasteiger partial charge in [0.2, 0.25) is 0 Å². The van der Waals surface area contributed by atoms with Crippen molar-refractivity contribution in [2.24, 2.45) is 11.8 Å². The highest BCUT2D eigenvalue weighted by Crippen LogP contribution is 2.38. The number of carbonyl (C=O) groups excluding carboxylic acids is 4. The van der Waals surface area contributed by atoms with Gasteiger partial charge in [-0.15, -0.1) is 0 Å². The third-order valence-corrected chi connectivity index (χ3v) is 24.4. The molecule has 0 aliphatic rings. The first-order valence-corrected chi connectivity index (χ1v) is 49.4. The second-order valence-corrected chi connectivity index (χ2v) is 35.0. The third kappa shape index (κ3) is 36.7. The van der Waals surface area contributed by atoms with Gasteiger partial charge in [0, 0.05) is 47.6 Å². The van der Waals surface area contributed by atoms with Crippen molar-refractivity contribution in [3.05, 3.63) is 380 Å². The Hall–Kier alpha value is -13.6. The first-order valence-electron chi connectivity index (χ1n) is 49.4. The van der Waals surface area contributed by atoms with Gasteiger partial charge in [-0.05, 0) is 263 Å². The molecule has 2 atom stereocenters. The van der Waals surface area contributed by atoms with Crippen molar-refractivity contribution in [1.82, 2.24) is 0 Å². The van der Waals surface area contributed by atoms with Crippen molar-refractivity contribution in [3.8, 4) is 107 Å². The van der Waals surface area contributed by atoms with Crippen LogP contribution in [0.5, 0.6) is 28.7 Å². The Labute approximate surface area is 824 Å². The molecule has 0 radical (unpaired) electrons. The summed E-state index contributed by atoms with van der Waals surface area (Å²) in [6.07, 6.45) is 28.5. The number of esters is 4. The largest absolute Gasteiger partial charge is 0.494 e. The third-order valence-electron chi connectivity index (χ3n) is 24.4. The highest BCUT2D eigenvalue weighted by atomic mass is 19.1. The summed E-state index contributed by atoms with van der Waals surface area (Å²) in [4.78, 5) is 46.6. The van der Waals surface area contributed by atoms with E-state index in [1.807, 2.05) is 104 Å². The lowest BCUT2D eigenvalue weighted by molar-refractivity contribution is -0.140. The van der Waals surface area contributed by atoms with Crippen LogP contribution >= 0.6 is 0 Å². The zero-order chi connectivity index (χ0) is 99.5. The zero-order valence-corrected chi connectivity index (χ0v) is 82.6. The molecule has 0 saturated heterocycles. The summed E-state index contributed by atoms with van der Waals surface area (Å²) >= 11 is 0. The van der Waals surface area contributed by atoms with E-state index in [1.54, 1.807) is 37.3 Å². The molecule has 0 heterocycles. The fraction of sp³-hybridized carbons (Fsp3) is 0.306. The van der Waals surface area contributed by atoms with Crippen LogP contribution in [0.4, 0.5) is 8.78 Å². The predicted octanol–water partition coefficient (Wildman–Crippen LogP) is 31.1. The van der Waals surface area contributed by atoms with E-state index in [9.17, 15) is 33.8 Å². The Balaban J connectivity index is 0.000000208. The van der Waals surface area contributed by atoms with Gasteiger partial charge in [-0.25, -0.2) is 28.0 Å². The van der Waals surface area contributed by atoms with Crippen molar-refractivity contribution >= 4 is 23.9 Å². The van der Waals surface area contributed by atoms with E-state index < -0.39 is 17.9 Å². The number of rotatable bonds is 50. The standard InChI is InChI=1S/C35H42O5.C30H29FO4.C30H33FO2.C29H36O2/c1-5-7-8-9-28-10-12-29(13-11-28)30-14-16-31(17-15-30)32-18-19-33(38-21-20-27(6-2)25-36)34(24-32)39-22-23-40-35(37)26(3)4;1-4-7-8-23-14-15-24(20-28(23)35-30(33)6-3)26-18-13-22(19-27(26)31)10-9-21-11-16-25(17-12-21)34-29(32)5-2;1-4-6-7-9-23-10-14-25(15-11-23)27-18-19-28(29(31)20-27)26-16-12-24(13-17-26)21-33-30(32)22(3)8-5-2;1-3-5-6-7-24-8-10-25(11-9-24)26-12-14-27(15-13-26)28-16-18-29(19-17-28)31-21-20-23(4-2)22-30/h10-19,22-24,27,36H,3,5-9,20-21,25H2,1-2,4H3;5-6,11-20H,2-4,7-10H2,1H3;10-20H,3-9,21H2,1-2H3;8-19,23,30H,3-7,20-22H2,1-2H3/b23-22+;;;. The highest BCUT2D eigenvalue weighted by Gasteiger charge is 2.18. The summed E-state index contributed by atoms with van der Waals surface area (Å²) in [6, 6.07) is 88.2. The number of aryl methyl sites for hydroxylation is 6. The molecule has 0 aliphatic heterocycles. The molecule has 12 aromatic rings. The number of aliphatic hydroxyl groups is 2. The summed E-state index contributed by atoms with van der Waals surface area (Å²) in [5.74, 6) is 0.844. The highest BCUT2D eigenvalue weighted by molar-refractivity contribution is 5.88. The summed E-state index contributed by atoms with van der Waals surface area (Å²) in [5, 5.41) is 18.7. The number of ether oxygens (including phenoxy) is 7. The molecule has 12 aromatic carbocycles. The molecular formula is C124H140F2O13. The van der Waals surface area contributed by atoms with Gasteiger partial charge < -0.3 is 43.4 Å². The molecule has 15 heteroatoms. The first-order chi connectivity index (χ1) is 67.6. The lowest BCUT2D eigenvalue weighted by atomic mass is 9.97. The van der Waals surface area contributed by atoms with E-state index in [4.69, 9.17) is 33.2 Å². The van der Waals surface area contributed by atoms with Crippen LogP contribution in [0.1, 0.15) is 203 Å². The number of hydrogen-bond acceptors (Lipinski definition) is 13. The van der Waals surface area contributed by atoms with Gasteiger partial charge in [0.25, 0.3) is 0 Å². The Kier molecular flexibility index (Phi) is 47.2. The first kappa shape index (κ1) is 109. The van der Waals surface area contributed by atoms with Crippen LogP contribution in [-0.4, -0.2) is 60.5 Å². The number of halogens is 2. The second-order valence-electron chi connectivity index (χ2n) is 35.0. The minimum Gasteiger partial charge on any atom is -0.494 e. The average molecular weight is 1880 g/mol. The summed E-state index contributed by atoms with van der Waals surface area (Å²) in [6.45, 7) is 32.3. The molecular weight excluding hydrogens is 1740 g/mol. The van der Waals surface area contributed by atoms with Crippen LogP contribution in [0.3, 0.4) is 0 Å². The Morgan fingerprint density at radius 1 is 0.353 bits per heavy atom. The van der Waals surface area contributed by atoms with Crippen LogP contribution < -0.4 is 23.7 Å². The molecule has 2 N–H and O–H groups in total. The maximum atomic E-state index is 15.1. The normalized spacial score (nSPS) is 11.3. The van der Waals surface area contributed by atoms with Gasteiger partial charge in [-0.2, -0.15) is 0 Å². The zero-order valence-electron chi connectivity index (χ0n) is 82.6. The van der Waals surface area contributed by atoms with Crippen molar-refractivity contribution < 1.29 is 71.3 Å². The maximum Gasteiger partial charge on any atom is 0.338 e. The second kappa shape index (κ2) is 60.2. The molecule has 2 unspecified atom stereocenters. The number of unbranched alkanes of at least 4 members (excludes halogenated alkanes) is 7. The van der Waals surface area contributed by atoms with Gasteiger partial charge in [0.15, 0.2) is 11.5 Å². The Bertz CT molecular complexity index is 5830. The summed E-state index contributed by atoms with van der Waals surface area (Å²) in [5.41, 5.74) is 22.2. The summed E-state index contributed by atoms with van der Waals surface area (Å²) in [7, 11) is 0. The topological polar surface area (TPSA) is 173 Å². The van der Waals surface area contributed by atoms with Gasteiger partial charge in [-0.1, -0.05) is 351 Å². The van der Waals surface area contributed by atoms with Gasteiger partial charge in [-0.3, -0.25) is 0 Å². The molecule has 728 valence electrons. The lowest BCUT2D eigenvalue weighted by Gasteiger charge is -2.15. The van der Waals surface area contributed by atoms with Crippen molar-refractivity contribution in [2.45, 2.75) is 210 Å². The van der Waals surface area contributed by atoms with Crippen LogP contribution in [-0.2, 0) is 73.8 Å². The SMILES string of the molecule is C=C(C)C(=O)O/C=C/Oc1cc(-c2ccc(-c3ccc(CCCCC)cc3)cc2)ccc1OCCC(CC)CO.C=C(CCC)C(=O)OCc1ccc(-c2ccc(-c3ccc(CCCCC)cc3)cc2F)cc1.C=CC(=O)Oc1ccc(CCc2ccc(-c3ccc(CCCC)c(OC(=O)C=C)c3)c(F)c2)cc1.CCCCCc1ccc(-c2ccc(-c3ccc(OCCC(CC)CO)cc3)cc2)cc1. The smallest absolute Gasteiger partial charge is 0.338 e. The summed E-state index contributed by atoms with van der Waals surface area (Å²) < 4.78 is 68.5. The number of hydrogen-bond donors (Lipinski definition) is 2. The van der Waals surface area contributed by atoms with E-state index in [1.165, 1.54) is 127 Å². The molecule has 0 spiro atoms. The van der Waals surface area contributed by atoms with Crippen molar-refractivity contribution in [3.63, 3.8) is 0 Å². The molecule has 0 aromatic heterocycles. The van der Waals surface area contributed by atoms with Crippen LogP contribution in [0.25, 0.3) is 77.9 Å². The van der Waals surface area contributed by atoms with E-state index in [2.05, 4.69) is 201 Å². The van der Waals surface area contributed by atoms with Gasteiger partial charge in [0.1, 0.15) is 48.0 Å². The van der Waals surface area contributed by atoms with E-state index >= 15 is 4.39 Å². The Morgan fingerprint density at radius 3 is 1.22 bits per heavy atom. The fourth-order valence-corrected chi connectivity index (χ4v) is 15.5. The molecule has 0 saturated carbocycles. The maximum absolute atomic E-state index is 15.1. The number of aliphatic hydroxyl groups excluding tert-OH is 2. The predicted molar refractivity (Wildman–Crippen MR) is 564 cm³/mol. The Morgan fingerprint density at radius 2 is 0.741 bits per heavy atom. The van der Waals surface area contributed by atoms with Crippen LogP contribution in [0.2, 0.25) is 0 Å². The minimum atomic E-state index is -0.539. The molecule has 139 heavy (non-hydrogen) atoms. The molecule has 0 aliphatic carbocycles. The molecule has 12 rings (SSSR count). The number of carbonyl (C=O) groups is 4. The lowest BCUT2D eigenvalue weighted by Crippen LogP contribution is -2.10. The van der Waals surface area contributed by atoms with E-state index in [-0.39, 0.29) is 43.3 Å². The van der Waals surface area contributed by atoms with Gasteiger partial charge >= 0.3 is 23.9 Å². The van der Waals surface area contributed by atoms with E-state index in [0.29, 0.717) is 89.2 Å². The average Bonchev–Trinajstić information content (AvgIpc) is 0.807. The van der Waals surface area contributed by atoms with Crippen LogP contribution in [0.15, 0.2) is 329 Å². The number of benzene rings is 12. The fourth-order valence-electron chi connectivity index (χ4n) is 15.5. The van der Waals surface area contributed by atoms with E-state index in [0.717, 1.165) is 138 Å².